The summed E-state index contributed by atoms with van der Waals surface area (Å²) in [6.07, 6.45) is 1.06. The molecule has 0 aliphatic heterocycles. The molecule has 0 spiro atoms. The van der Waals surface area contributed by atoms with Crippen molar-refractivity contribution < 1.29 is 121 Å². The lowest BCUT2D eigenvalue weighted by Gasteiger charge is -2.25. The highest BCUT2D eigenvalue weighted by molar-refractivity contribution is 5.98. The molecule has 10 N–H and O–H groups in total. The van der Waals surface area contributed by atoms with Gasteiger partial charge in [-0.2, -0.15) is 0 Å². The third-order valence-corrected chi connectivity index (χ3v) is 20.3. The molecule has 0 unspecified atom stereocenters. The van der Waals surface area contributed by atoms with Crippen LogP contribution in [0.5, 0.6) is 11.5 Å². The van der Waals surface area contributed by atoms with E-state index in [1.54, 1.807) is 105 Å². The highest BCUT2D eigenvalue weighted by atomic mass is 16.5. The van der Waals surface area contributed by atoms with Gasteiger partial charge in [-0.1, -0.05) is 159 Å². The summed E-state index contributed by atoms with van der Waals surface area (Å²) < 4.78 is 31.8. The number of aromatic hydroxyl groups is 2. The van der Waals surface area contributed by atoms with Crippen molar-refractivity contribution in [2.75, 3.05) is 53.9 Å². The van der Waals surface area contributed by atoms with E-state index in [4.69, 9.17) is 38.8 Å². The van der Waals surface area contributed by atoms with Crippen LogP contribution < -0.4 is 32.2 Å². The number of amides is 6. The molecule has 0 radical (unpaired) electrons. The van der Waals surface area contributed by atoms with E-state index in [2.05, 4.69) is 28.2 Å². The smallest absolute Gasteiger partial charge is 0.306 e. The van der Waals surface area contributed by atoms with Crippen molar-refractivity contribution in [3.63, 3.8) is 0 Å². The van der Waals surface area contributed by atoms with Crippen LogP contribution in [-0.2, 0) is 139 Å². The summed E-state index contributed by atoms with van der Waals surface area (Å²) in [7, 11) is 3.07. The number of methoxy groups -OCH3 is 2. The summed E-state index contributed by atoms with van der Waals surface area (Å²) in [5.41, 5.74) is 7.30. The number of carbonyl (C=O) groups is 15. The summed E-state index contributed by atoms with van der Waals surface area (Å²) in [6, 6.07) is 43.7. The quantitative estimate of drug-likeness (QED) is 0.00734. The van der Waals surface area contributed by atoms with E-state index in [0.29, 0.717) is 61.7 Å². The first kappa shape index (κ1) is 107. The molecule has 0 aliphatic rings. The predicted octanol–water partition coefficient (Wildman–Crippen LogP) is 10.0. The number of rotatable bonds is 61. The molecule has 31 heteroatoms. The number of carbonyl (C=O) groups excluding carboxylic acids is 15. The van der Waals surface area contributed by atoms with Gasteiger partial charge < -0.3 is 74.3 Å². The van der Waals surface area contributed by atoms with Crippen LogP contribution in [0.1, 0.15) is 183 Å². The number of ketones is 7. The van der Waals surface area contributed by atoms with E-state index in [1.807, 2.05) is 54.6 Å². The Hall–Kier alpha value is -11.9. The molecular formula is C96H126N6O25. The van der Waals surface area contributed by atoms with Crippen molar-refractivity contribution in [3.05, 3.63) is 203 Å². The average Bonchev–Trinajstić information content (AvgIpc) is 0.849. The highest BCUT2D eigenvalue weighted by Gasteiger charge is 2.36. The van der Waals surface area contributed by atoms with Crippen LogP contribution in [0, 0.1) is 23.7 Å². The molecule has 6 amide bonds. The molecule has 8 atom stereocenters. The van der Waals surface area contributed by atoms with Crippen molar-refractivity contribution in [1.82, 2.24) is 32.2 Å². The molecule has 0 saturated carbocycles. The van der Waals surface area contributed by atoms with E-state index in [-0.39, 0.29) is 158 Å². The van der Waals surface area contributed by atoms with Crippen LogP contribution in [-0.4, -0.2) is 187 Å². The standard InChI is InChI=1S/C52H62N2O12.C38H52N4O12.C6H12O/c1-37(55)31-43(32-39-20-23-44(56)24-21-39)52(62)54-46(33-38-13-6-3-7-14-38)48(58)34-42(22-26-49(59)65-35-40-15-8-4-9-16-40)51(61)53-45(47(57)19-12-28-64-30-29-63-2)25-27-50(60)66-36-41-17-10-5-11-18-41;1-25(43)21-29(22-27-10-13-30(44)14-11-27)38(50)40-32(23-26-7-4-3-5-8-26)34(46)24-28(12-16-35(47)41-51)37(49)39-31(15-17-36(48)42-52)33(45)9-6-18-54-20-19-53-2;1-3-4-5-6(2)7/h3-11,13-18,20-21,23-24,42-43,45-46,56H,12,19,22,25-36H2,1-2H3,(H,53,61)(H,54,62);3-5,7-8,10-11,13-14,28-29,31-32,44,51-52H,6,9,12,15-24H2,1-2H3,(H,39,49)(H,40,50)(H,41,47)(H,42,48);3-5H2,1-2H3/t42-,43+,45-,46-;28-,29+,31-,32-;/m11./s1. The Labute approximate surface area is 742 Å². The third kappa shape index (κ3) is 47.3. The van der Waals surface area contributed by atoms with Crippen LogP contribution in [0.4, 0.5) is 0 Å². The summed E-state index contributed by atoms with van der Waals surface area (Å²) in [5.74, 6) is -11.5. The predicted molar refractivity (Wildman–Crippen MR) is 469 cm³/mol. The number of phenolic OH excluding ortho intramolecular Hbond substituents is 2. The summed E-state index contributed by atoms with van der Waals surface area (Å²) in [4.78, 5) is 196. The number of Topliss-reactive ketones (excluding diaryl/α,β-unsaturated/α-hetero) is 7. The molecule has 690 valence electrons. The lowest BCUT2D eigenvalue weighted by atomic mass is 9.89. The normalized spacial score (nSPS) is 12.7. The van der Waals surface area contributed by atoms with Crippen molar-refractivity contribution in [2.45, 2.75) is 213 Å². The van der Waals surface area contributed by atoms with E-state index < -0.39 is 125 Å². The van der Waals surface area contributed by atoms with E-state index in [0.717, 1.165) is 36.0 Å². The molecule has 0 saturated heterocycles. The van der Waals surface area contributed by atoms with E-state index >= 15 is 0 Å². The fourth-order valence-corrected chi connectivity index (χ4v) is 13.3. The number of hydrogen-bond donors (Lipinski definition) is 10. The Morgan fingerprint density at radius 3 is 0.976 bits per heavy atom. The fraction of sp³-hybridized carbons (Fsp3) is 0.469. The zero-order chi connectivity index (χ0) is 93.1. The SMILES string of the molecule is CCCCC(C)=O.COCCOCCCC(=O)[C@@H](CCC(=O)NO)NC(=O)[C@H](CCC(=O)NO)CC(=O)[C@@H](Cc1ccccc1)NC(=O)[C@@H](CC(C)=O)Cc1ccc(O)cc1.COCCOCCCC(=O)[C@@H](CCC(=O)OCc1ccccc1)NC(=O)[C@H](CCC(=O)OCc1ccccc1)CC(=O)[C@@H](Cc1ccccc1)NC(=O)[C@@H](CC(C)=O)Cc1ccc(O)cc1. The number of benzene rings is 6. The molecule has 127 heavy (non-hydrogen) atoms. The summed E-state index contributed by atoms with van der Waals surface area (Å²) in [5, 5.41) is 48.6. The maximum absolute atomic E-state index is 14.5. The maximum Gasteiger partial charge on any atom is 0.306 e. The summed E-state index contributed by atoms with van der Waals surface area (Å²) in [6.45, 7) is 8.37. The van der Waals surface area contributed by atoms with E-state index in [1.165, 1.54) is 56.2 Å². The zero-order valence-electron chi connectivity index (χ0n) is 73.6. The summed E-state index contributed by atoms with van der Waals surface area (Å²) >= 11 is 0. The van der Waals surface area contributed by atoms with Crippen LogP contribution in [0.15, 0.2) is 170 Å². The molecule has 31 nitrogen and oxygen atoms in total. The molecule has 0 fully saturated rings. The Bertz CT molecular complexity index is 4350. The first-order chi connectivity index (χ1) is 61.0. The topological polar surface area (TPSA) is 465 Å². The van der Waals surface area contributed by atoms with Gasteiger partial charge in [0.05, 0.1) is 50.6 Å². The van der Waals surface area contributed by atoms with Crippen molar-refractivity contribution in [2.24, 2.45) is 23.7 Å². The lowest BCUT2D eigenvalue weighted by Crippen LogP contribution is -2.48. The molecular weight excluding hydrogens is 1640 g/mol. The van der Waals surface area contributed by atoms with Gasteiger partial charge in [0.25, 0.3) is 0 Å². The molecule has 6 aromatic carbocycles. The number of nitrogens with one attached hydrogen (secondary N) is 6. The number of esters is 2. The number of unbranched alkanes of at least 4 members (excludes halogenated alkanes) is 1. The van der Waals surface area contributed by atoms with Gasteiger partial charge in [0.15, 0.2) is 23.1 Å². The number of hydroxylamine groups is 2. The van der Waals surface area contributed by atoms with Crippen molar-refractivity contribution >= 4 is 87.9 Å². The van der Waals surface area contributed by atoms with E-state index in [9.17, 15) is 82.1 Å². The van der Waals surface area contributed by atoms with Crippen molar-refractivity contribution in [1.29, 1.82) is 0 Å². The van der Waals surface area contributed by atoms with Gasteiger partial charge in [-0.15, -0.1) is 0 Å². The molecule has 0 heterocycles. The number of hydrogen-bond acceptors (Lipinski definition) is 25. The number of phenols is 2. The minimum atomic E-state index is -1.21. The average molecular weight is 1760 g/mol. The monoisotopic (exact) mass is 1760 g/mol. The number of ether oxygens (including phenoxy) is 6. The second-order valence-electron chi connectivity index (χ2n) is 31.0. The van der Waals surface area contributed by atoms with Crippen LogP contribution in [0.3, 0.4) is 0 Å². The maximum atomic E-state index is 14.5. The van der Waals surface area contributed by atoms with Crippen LogP contribution in [0.25, 0.3) is 0 Å². The molecule has 0 bridgehead atoms. The van der Waals surface area contributed by atoms with Gasteiger partial charge in [-0.05, 0) is 149 Å². The minimum Gasteiger partial charge on any atom is -0.508 e. The fourth-order valence-electron chi connectivity index (χ4n) is 13.3. The van der Waals surface area contributed by atoms with Gasteiger partial charge in [0, 0.05) is 122 Å². The van der Waals surface area contributed by atoms with Gasteiger partial charge in [-0.3, -0.25) is 67.9 Å². The first-order valence-electron chi connectivity index (χ1n) is 42.9. The molecule has 6 rings (SSSR count). The minimum absolute atomic E-state index is 0.00163. The van der Waals surface area contributed by atoms with Crippen LogP contribution >= 0.6 is 0 Å². The van der Waals surface area contributed by atoms with Gasteiger partial charge in [0.1, 0.15) is 42.1 Å². The van der Waals surface area contributed by atoms with Crippen molar-refractivity contribution in [3.8, 4) is 11.5 Å². The van der Waals surface area contributed by atoms with Gasteiger partial charge in [0.2, 0.25) is 35.4 Å². The Balaban J connectivity index is 0.000000503. The van der Waals surface area contributed by atoms with Gasteiger partial charge >= 0.3 is 11.9 Å². The second kappa shape index (κ2) is 63.1. The largest absolute Gasteiger partial charge is 0.508 e. The Morgan fingerprint density at radius 1 is 0.315 bits per heavy atom. The van der Waals surface area contributed by atoms with Crippen LogP contribution in [0.2, 0.25) is 0 Å². The molecule has 6 aromatic rings. The second-order valence-corrected chi connectivity index (χ2v) is 31.0. The van der Waals surface area contributed by atoms with Gasteiger partial charge in [-0.25, -0.2) is 11.0 Å². The molecule has 0 aromatic heterocycles. The third-order valence-electron chi connectivity index (χ3n) is 20.3. The molecule has 0 aliphatic carbocycles. The Kier molecular flexibility index (Phi) is 53.4. The Morgan fingerprint density at radius 2 is 0.638 bits per heavy atom. The first-order valence-corrected chi connectivity index (χ1v) is 42.9. The zero-order valence-corrected chi connectivity index (χ0v) is 73.6. The lowest BCUT2D eigenvalue weighted by molar-refractivity contribution is -0.147. The highest BCUT2D eigenvalue weighted by Crippen LogP contribution is 2.25.